The van der Waals surface area contributed by atoms with Gasteiger partial charge in [-0.1, -0.05) is 0 Å². The molecule has 0 amide bonds. The van der Waals surface area contributed by atoms with E-state index in [-0.39, 0.29) is 10.2 Å². The monoisotopic (exact) mass is 323 g/mol. The maximum Gasteiger partial charge on any atom is 0.149 e. The molecule has 1 rings (SSSR count). The Morgan fingerprint density at radius 3 is 2.67 bits per heavy atom. The molecule has 0 radical (unpaired) electrons. The van der Waals surface area contributed by atoms with E-state index < -0.39 is 11.6 Å². The first kappa shape index (κ1) is 15.3. The quantitative estimate of drug-likeness (QED) is 0.588. The zero-order valence-electron chi connectivity index (χ0n) is 10.1. The average Bonchev–Trinajstić information content (AvgIpc) is 2.34. The van der Waals surface area contributed by atoms with Gasteiger partial charge in [-0.3, -0.25) is 0 Å². The topological polar surface area (TPSA) is 30.5 Å². The van der Waals surface area contributed by atoms with E-state index in [1.165, 1.54) is 6.07 Å². The number of anilines is 1. The van der Waals surface area contributed by atoms with Gasteiger partial charge < -0.3 is 14.8 Å². The summed E-state index contributed by atoms with van der Waals surface area (Å²) >= 11 is 3.00. The molecule has 102 valence electrons. The summed E-state index contributed by atoms with van der Waals surface area (Å²) in [5.74, 6) is -1.23. The van der Waals surface area contributed by atoms with Crippen molar-refractivity contribution in [3.8, 4) is 0 Å². The van der Waals surface area contributed by atoms with Crippen LogP contribution in [0.2, 0.25) is 0 Å². The Kier molecular flexibility index (Phi) is 7.15. The molecular weight excluding hydrogens is 308 g/mol. The lowest BCUT2D eigenvalue weighted by atomic mass is 10.3. The second-order valence-electron chi connectivity index (χ2n) is 3.63. The Balaban J connectivity index is 2.25. The molecule has 6 heteroatoms. The Bertz CT molecular complexity index is 377. The van der Waals surface area contributed by atoms with Crippen molar-refractivity contribution in [3.63, 3.8) is 0 Å². The van der Waals surface area contributed by atoms with Crippen LogP contribution in [-0.2, 0) is 9.47 Å². The van der Waals surface area contributed by atoms with Crippen LogP contribution in [0.4, 0.5) is 14.5 Å². The lowest BCUT2D eigenvalue weighted by Gasteiger charge is -2.09. The van der Waals surface area contributed by atoms with Gasteiger partial charge in [-0.25, -0.2) is 8.78 Å². The number of halogens is 3. The Morgan fingerprint density at radius 1 is 1.17 bits per heavy atom. The second-order valence-corrected chi connectivity index (χ2v) is 4.49. The average molecular weight is 324 g/mol. The van der Waals surface area contributed by atoms with Crippen molar-refractivity contribution >= 4 is 21.6 Å². The smallest absolute Gasteiger partial charge is 0.149 e. The molecule has 0 aromatic heterocycles. The molecule has 3 nitrogen and oxygen atoms in total. The predicted octanol–water partition coefficient (Wildman–Crippen LogP) is 3.19. The third kappa shape index (κ3) is 5.29. The normalized spacial score (nSPS) is 10.7. The van der Waals surface area contributed by atoms with Gasteiger partial charge in [0, 0.05) is 32.9 Å². The molecule has 0 saturated heterocycles. The molecule has 0 atom stereocenters. The van der Waals surface area contributed by atoms with Crippen LogP contribution in [0.25, 0.3) is 0 Å². The first-order valence-electron chi connectivity index (χ1n) is 5.60. The molecule has 0 saturated carbocycles. The van der Waals surface area contributed by atoms with E-state index in [4.69, 9.17) is 9.47 Å². The maximum atomic E-state index is 13.3. The van der Waals surface area contributed by atoms with E-state index in [1.807, 2.05) is 0 Å². The van der Waals surface area contributed by atoms with Crippen LogP contribution in [0.15, 0.2) is 16.6 Å². The number of rotatable bonds is 8. The molecule has 0 aliphatic heterocycles. The lowest BCUT2D eigenvalue weighted by molar-refractivity contribution is 0.109. The van der Waals surface area contributed by atoms with Crippen molar-refractivity contribution in [1.29, 1.82) is 0 Å². The van der Waals surface area contributed by atoms with E-state index in [2.05, 4.69) is 21.2 Å². The summed E-state index contributed by atoms with van der Waals surface area (Å²) < 4.78 is 36.7. The van der Waals surface area contributed by atoms with Gasteiger partial charge in [-0.05, 0) is 28.4 Å². The van der Waals surface area contributed by atoms with Gasteiger partial charge in [0.15, 0.2) is 0 Å². The van der Waals surface area contributed by atoms with E-state index in [1.54, 1.807) is 7.11 Å². The van der Waals surface area contributed by atoms with Crippen molar-refractivity contribution in [1.82, 2.24) is 0 Å². The SMILES string of the molecule is COCCCOCCNc1cc(Br)c(F)cc1F. The fourth-order valence-corrected chi connectivity index (χ4v) is 1.67. The molecule has 0 fully saturated rings. The summed E-state index contributed by atoms with van der Waals surface area (Å²) in [4.78, 5) is 0. The number of hydrogen-bond acceptors (Lipinski definition) is 3. The standard InChI is InChI=1S/C12H16BrF2NO2/c1-17-4-2-5-18-6-3-16-12-7-9(13)10(14)8-11(12)15/h7-8,16H,2-6H2,1H3. The minimum Gasteiger partial charge on any atom is -0.385 e. The third-order valence-corrected chi connectivity index (χ3v) is 2.82. The van der Waals surface area contributed by atoms with Crippen molar-refractivity contribution in [2.75, 3.05) is 38.8 Å². The molecule has 0 aliphatic carbocycles. The van der Waals surface area contributed by atoms with Crippen LogP contribution in [0.3, 0.4) is 0 Å². The summed E-state index contributed by atoms with van der Waals surface area (Å²) in [5, 5.41) is 2.84. The summed E-state index contributed by atoms with van der Waals surface area (Å²) in [5.41, 5.74) is 0.253. The number of benzene rings is 1. The molecule has 0 unspecified atom stereocenters. The number of nitrogens with one attached hydrogen (secondary N) is 1. The highest BCUT2D eigenvalue weighted by Crippen LogP contribution is 2.23. The van der Waals surface area contributed by atoms with E-state index in [0.29, 0.717) is 26.4 Å². The first-order valence-corrected chi connectivity index (χ1v) is 6.39. The van der Waals surface area contributed by atoms with Crippen molar-refractivity contribution in [2.24, 2.45) is 0 Å². The van der Waals surface area contributed by atoms with Crippen molar-refractivity contribution in [3.05, 3.63) is 28.2 Å². The summed E-state index contributed by atoms with van der Waals surface area (Å²) in [7, 11) is 1.64. The Morgan fingerprint density at radius 2 is 1.94 bits per heavy atom. The van der Waals surface area contributed by atoms with Gasteiger partial charge in [0.05, 0.1) is 16.8 Å². The molecule has 1 N–H and O–H groups in total. The fraction of sp³-hybridized carbons (Fsp3) is 0.500. The molecule has 0 bridgehead atoms. The van der Waals surface area contributed by atoms with Gasteiger partial charge in [0.25, 0.3) is 0 Å². The number of hydrogen-bond donors (Lipinski definition) is 1. The highest BCUT2D eigenvalue weighted by atomic mass is 79.9. The molecular formula is C12H16BrF2NO2. The van der Waals surface area contributed by atoms with Gasteiger partial charge in [0.2, 0.25) is 0 Å². The number of ether oxygens (including phenoxy) is 2. The Hall–Kier alpha value is -0.720. The Labute approximate surface area is 114 Å². The van der Waals surface area contributed by atoms with Gasteiger partial charge in [-0.15, -0.1) is 0 Å². The molecule has 1 aromatic rings. The molecule has 18 heavy (non-hydrogen) atoms. The van der Waals surface area contributed by atoms with E-state index in [9.17, 15) is 8.78 Å². The molecule has 0 spiro atoms. The zero-order valence-corrected chi connectivity index (χ0v) is 11.7. The van der Waals surface area contributed by atoms with Crippen LogP contribution in [0.1, 0.15) is 6.42 Å². The van der Waals surface area contributed by atoms with E-state index >= 15 is 0 Å². The number of methoxy groups -OCH3 is 1. The largest absolute Gasteiger partial charge is 0.385 e. The predicted molar refractivity (Wildman–Crippen MR) is 69.9 cm³/mol. The highest BCUT2D eigenvalue weighted by molar-refractivity contribution is 9.10. The minimum absolute atomic E-state index is 0.229. The van der Waals surface area contributed by atoms with Crippen LogP contribution in [0, 0.1) is 11.6 Å². The van der Waals surface area contributed by atoms with Crippen LogP contribution < -0.4 is 5.32 Å². The van der Waals surface area contributed by atoms with E-state index in [0.717, 1.165) is 12.5 Å². The van der Waals surface area contributed by atoms with Crippen LogP contribution >= 0.6 is 15.9 Å². The van der Waals surface area contributed by atoms with Gasteiger partial charge in [0.1, 0.15) is 11.6 Å². The summed E-state index contributed by atoms with van der Waals surface area (Å²) in [6.07, 6.45) is 0.826. The summed E-state index contributed by atoms with van der Waals surface area (Å²) in [6.45, 7) is 2.18. The third-order valence-electron chi connectivity index (χ3n) is 2.21. The van der Waals surface area contributed by atoms with Gasteiger partial charge in [-0.2, -0.15) is 0 Å². The molecule has 1 aromatic carbocycles. The zero-order chi connectivity index (χ0) is 13.4. The van der Waals surface area contributed by atoms with Crippen molar-refractivity contribution < 1.29 is 18.3 Å². The second kappa shape index (κ2) is 8.39. The minimum atomic E-state index is -0.617. The molecule has 0 heterocycles. The first-order chi connectivity index (χ1) is 8.65. The van der Waals surface area contributed by atoms with Gasteiger partial charge >= 0.3 is 0 Å². The highest BCUT2D eigenvalue weighted by Gasteiger charge is 2.07. The fourth-order valence-electron chi connectivity index (χ4n) is 1.32. The van der Waals surface area contributed by atoms with Crippen molar-refractivity contribution in [2.45, 2.75) is 6.42 Å². The lowest BCUT2D eigenvalue weighted by Crippen LogP contribution is -2.11. The summed E-state index contributed by atoms with van der Waals surface area (Å²) in [6, 6.07) is 2.21. The maximum absolute atomic E-state index is 13.3. The van der Waals surface area contributed by atoms with Crippen LogP contribution in [-0.4, -0.2) is 33.5 Å². The van der Waals surface area contributed by atoms with Crippen LogP contribution in [0.5, 0.6) is 0 Å². The molecule has 0 aliphatic rings.